The molecule has 2 aliphatic rings. The van der Waals surface area contributed by atoms with Gasteiger partial charge in [0.1, 0.15) is 0 Å². The van der Waals surface area contributed by atoms with E-state index in [0.29, 0.717) is 24.7 Å². The average Bonchev–Trinajstić information content (AvgIpc) is 3.02. The fraction of sp³-hybridized carbons (Fsp3) is 0.550. The summed E-state index contributed by atoms with van der Waals surface area (Å²) in [5, 5.41) is 13.1. The quantitative estimate of drug-likeness (QED) is 0.800. The second kappa shape index (κ2) is 8.61. The fourth-order valence-electron chi connectivity index (χ4n) is 3.80. The zero-order valence-electron chi connectivity index (χ0n) is 14.9. The molecular weight excluding hydrogens is 316 g/mol. The van der Waals surface area contributed by atoms with Crippen molar-refractivity contribution < 1.29 is 14.6 Å². The number of hydrogen-bond acceptors (Lipinski definition) is 4. The Kier molecular flexibility index (Phi) is 6.24. The van der Waals surface area contributed by atoms with E-state index in [-0.39, 0.29) is 18.1 Å². The molecule has 0 spiro atoms. The molecule has 0 bridgehead atoms. The minimum atomic E-state index is -0.300. The molecule has 3 rings (SSSR count). The molecule has 0 saturated carbocycles. The van der Waals surface area contributed by atoms with Gasteiger partial charge in [-0.25, -0.2) is 0 Å². The van der Waals surface area contributed by atoms with Gasteiger partial charge < -0.3 is 15.2 Å². The summed E-state index contributed by atoms with van der Waals surface area (Å²) in [6, 6.07) is 10.5. The van der Waals surface area contributed by atoms with Gasteiger partial charge in [0, 0.05) is 44.0 Å². The third-order valence-corrected chi connectivity index (χ3v) is 5.13. The summed E-state index contributed by atoms with van der Waals surface area (Å²) in [6.07, 6.45) is 4.33. The Hall–Kier alpha value is -1.69. The first kappa shape index (κ1) is 18.1. The molecule has 1 aromatic carbocycles. The van der Waals surface area contributed by atoms with Crippen LogP contribution in [0.1, 0.15) is 31.7 Å². The van der Waals surface area contributed by atoms with E-state index < -0.39 is 0 Å². The molecule has 2 saturated heterocycles. The first-order valence-electron chi connectivity index (χ1n) is 9.16. The standard InChI is InChI=1S/C20H28N2O3/c1-15(11-16-5-3-2-4-6-16)20(24)21-13-18-12-19(23)14-22(18)17-7-9-25-10-8-17/h2-6,11,17-19,23H,7-10,12-14H2,1H3,(H,21,24). The number of nitrogens with one attached hydrogen (secondary N) is 1. The summed E-state index contributed by atoms with van der Waals surface area (Å²) in [6.45, 7) is 4.68. The van der Waals surface area contributed by atoms with Crippen LogP contribution in [-0.2, 0) is 9.53 Å². The van der Waals surface area contributed by atoms with Crippen molar-refractivity contribution in [1.82, 2.24) is 10.2 Å². The van der Waals surface area contributed by atoms with Gasteiger partial charge in [-0.2, -0.15) is 0 Å². The smallest absolute Gasteiger partial charge is 0.246 e. The molecule has 1 amide bonds. The molecule has 2 unspecified atom stereocenters. The molecule has 0 radical (unpaired) electrons. The molecule has 2 aliphatic heterocycles. The highest BCUT2D eigenvalue weighted by Crippen LogP contribution is 2.25. The van der Waals surface area contributed by atoms with Gasteiger partial charge in [-0.05, 0) is 37.8 Å². The highest BCUT2D eigenvalue weighted by Gasteiger charge is 2.36. The van der Waals surface area contributed by atoms with Crippen LogP contribution in [0.4, 0.5) is 0 Å². The van der Waals surface area contributed by atoms with E-state index in [2.05, 4.69) is 10.2 Å². The molecule has 5 nitrogen and oxygen atoms in total. The van der Waals surface area contributed by atoms with Crippen LogP contribution in [0.3, 0.4) is 0 Å². The molecule has 136 valence electrons. The van der Waals surface area contributed by atoms with Crippen LogP contribution in [-0.4, -0.2) is 60.4 Å². The molecule has 0 aromatic heterocycles. The van der Waals surface area contributed by atoms with E-state index >= 15 is 0 Å². The molecule has 25 heavy (non-hydrogen) atoms. The van der Waals surface area contributed by atoms with Crippen molar-refractivity contribution >= 4 is 12.0 Å². The van der Waals surface area contributed by atoms with E-state index in [1.807, 2.05) is 43.3 Å². The van der Waals surface area contributed by atoms with Crippen molar-refractivity contribution in [1.29, 1.82) is 0 Å². The molecule has 1 aromatic rings. The van der Waals surface area contributed by atoms with E-state index in [1.54, 1.807) is 0 Å². The number of benzene rings is 1. The Morgan fingerprint density at radius 3 is 2.76 bits per heavy atom. The maximum Gasteiger partial charge on any atom is 0.246 e. The number of carbonyl (C=O) groups is 1. The van der Waals surface area contributed by atoms with Gasteiger partial charge in [-0.15, -0.1) is 0 Å². The number of rotatable bonds is 5. The maximum atomic E-state index is 12.4. The van der Waals surface area contributed by atoms with Crippen LogP contribution in [0.2, 0.25) is 0 Å². The number of hydrogen-bond donors (Lipinski definition) is 2. The zero-order valence-corrected chi connectivity index (χ0v) is 14.9. The van der Waals surface area contributed by atoms with Crippen molar-refractivity contribution in [3.05, 3.63) is 41.5 Å². The van der Waals surface area contributed by atoms with Crippen LogP contribution in [0.15, 0.2) is 35.9 Å². The number of amides is 1. The predicted molar refractivity (Wildman–Crippen MR) is 98.1 cm³/mol. The lowest BCUT2D eigenvalue weighted by atomic mass is 10.1. The molecule has 2 heterocycles. The Balaban J connectivity index is 1.55. The number of likely N-dealkylation sites (tertiary alicyclic amines) is 1. The first-order valence-corrected chi connectivity index (χ1v) is 9.16. The number of nitrogens with zero attached hydrogens (tertiary/aromatic N) is 1. The van der Waals surface area contributed by atoms with Gasteiger partial charge in [-0.3, -0.25) is 9.69 Å². The minimum Gasteiger partial charge on any atom is -0.392 e. The largest absolute Gasteiger partial charge is 0.392 e. The van der Waals surface area contributed by atoms with Crippen molar-refractivity contribution in [2.75, 3.05) is 26.3 Å². The Bertz CT molecular complexity index is 596. The van der Waals surface area contributed by atoms with E-state index in [0.717, 1.165) is 38.0 Å². The molecule has 5 heteroatoms. The number of β-amino-alcohol motifs (C(OH)–C–C–N with tert-alkyl or cyclic N) is 1. The summed E-state index contributed by atoms with van der Waals surface area (Å²) in [7, 11) is 0. The second-order valence-electron chi connectivity index (χ2n) is 7.03. The highest BCUT2D eigenvalue weighted by atomic mass is 16.5. The summed E-state index contributed by atoms with van der Waals surface area (Å²) >= 11 is 0. The van der Waals surface area contributed by atoms with Crippen LogP contribution < -0.4 is 5.32 Å². The lowest BCUT2D eigenvalue weighted by Crippen LogP contribution is -2.47. The van der Waals surface area contributed by atoms with Gasteiger partial charge in [0.05, 0.1) is 6.10 Å². The number of aliphatic hydroxyl groups is 1. The number of carbonyl (C=O) groups excluding carboxylic acids is 1. The molecular formula is C20H28N2O3. The van der Waals surface area contributed by atoms with Crippen LogP contribution in [0, 0.1) is 0 Å². The zero-order chi connectivity index (χ0) is 17.6. The van der Waals surface area contributed by atoms with Gasteiger partial charge >= 0.3 is 0 Å². The normalized spacial score (nSPS) is 25.9. The van der Waals surface area contributed by atoms with Crippen LogP contribution in [0.25, 0.3) is 6.08 Å². The van der Waals surface area contributed by atoms with Crippen molar-refractivity contribution in [3.63, 3.8) is 0 Å². The van der Waals surface area contributed by atoms with E-state index in [9.17, 15) is 9.90 Å². The van der Waals surface area contributed by atoms with Crippen molar-refractivity contribution in [2.24, 2.45) is 0 Å². The topological polar surface area (TPSA) is 61.8 Å². The lowest BCUT2D eigenvalue weighted by Gasteiger charge is -2.35. The van der Waals surface area contributed by atoms with Gasteiger partial charge in [-0.1, -0.05) is 30.3 Å². The number of ether oxygens (including phenoxy) is 1. The van der Waals surface area contributed by atoms with Gasteiger partial charge in [0.25, 0.3) is 0 Å². The minimum absolute atomic E-state index is 0.0443. The summed E-state index contributed by atoms with van der Waals surface area (Å²) in [5.41, 5.74) is 1.72. The number of aliphatic hydroxyl groups excluding tert-OH is 1. The Labute approximate surface area is 149 Å². The predicted octanol–water partition coefficient (Wildman–Crippen LogP) is 1.82. The van der Waals surface area contributed by atoms with E-state index in [1.165, 1.54) is 0 Å². The lowest BCUT2D eigenvalue weighted by molar-refractivity contribution is -0.117. The molecule has 2 fully saturated rings. The fourth-order valence-corrected chi connectivity index (χ4v) is 3.80. The first-order chi connectivity index (χ1) is 12.1. The third kappa shape index (κ3) is 4.91. The third-order valence-electron chi connectivity index (χ3n) is 5.13. The molecule has 2 N–H and O–H groups in total. The van der Waals surface area contributed by atoms with Crippen LogP contribution >= 0.6 is 0 Å². The second-order valence-corrected chi connectivity index (χ2v) is 7.03. The molecule has 0 aliphatic carbocycles. The van der Waals surface area contributed by atoms with Crippen LogP contribution in [0.5, 0.6) is 0 Å². The van der Waals surface area contributed by atoms with Gasteiger partial charge in [0.15, 0.2) is 0 Å². The maximum absolute atomic E-state index is 12.4. The van der Waals surface area contributed by atoms with Crippen molar-refractivity contribution in [3.8, 4) is 0 Å². The Morgan fingerprint density at radius 1 is 1.32 bits per heavy atom. The average molecular weight is 344 g/mol. The summed E-state index contributed by atoms with van der Waals surface area (Å²) in [4.78, 5) is 14.8. The van der Waals surface area contributed by atoms with Crippen molar-refractivity contribution in [2.45, 2.75) is 44.4 Å². The summed E-state index contributed by atoms with van der Waals surface area (Å²) in [5.74, 6) is -0.0443. The van der Waals surface area contributed by atoms with Gasteiger partial charge in [0.2, 0.25) is 5.91 Å². The molecule has 2 atom stereocenters. The highest BCUT2D eigenvalue weighted by molar-refractivity contribution is 5.97. The monoisotopic (exact) mass is 344 g/mol. The summed E-state index contributed by atoms with van der Waals surface area (Å²) < 4.78 is 5.44. The van der Waals surface area contributed by atoms with E-state index in [4.69, 9.17) is 4.74 Å². The Morgan fingerprint density at radius 2 is 2.04 bits per heavy atom. The SMILES string of the molecule is CC(=Cc1ccccc1)C(=O)NCC1CC(O)CN1C1CCOCC1.